The van der Waals surface area contributed by atoms with Crippen molar-refractivity contribution in [3.05, 3.63) is 0 Å². The highest BCUT2D eigenvalue weighted by Crippen LogP contribution is 2.39. The maximum atomic E-state index is 2.42. The molecule has 0 atom stereocenters. The number of nitrogens with zero attached hydrogens (tertiary/aromatic N) is 1. The average molecular weight is 168 g/mol. The van der Waals surface area contributed by atoms with Crippen molar-refractivity contribution in [2.24, 2.45) is 5.92 Å². The van der Waals surface area contributed by atoms with E-state index < -0.39 is 0 Å². The van der Waals surface area contributed by atoms with E-state index in [0.717, 1.165) is 5.92 Å². The highest BCUT2D eigenvalue weighted by atomic mass is 15.4. The van der Waals surface area contributed by atoms with Crippen LogP contribution in [0.5, 0.6) is 0 Å². The summed E-state index contributed by atoms with van der Waals surface area (Å²) < 4.78 is 1.41. The van der Waals surface area contributed by atoms with Gasteiger partial charge in [0.2, 0.25) is 0 Å². The molecule has 0 aromatic heterocycles. The number of rotatable bonds is 0. The van der Waals surface area contributed by atoms with E-state index in [9.17, 15) is 0 Å². The van der Waals surface area contributed by atoms with Gasteiger partial charge in [-0.05, 0) is 46.0 Å². The second kappa shape index (κ2) is 2.47. The lowest BCUT2D eigenvalue weighted by molar-refractivity contribution is -0.983. The van der Waals surface area contributed by atoms with Crippen LogP contribution in [-0.2, 0) is 0 Å². The maximum absolute atomic E-state index is 2.42. The van der Waals surface area contributed by atoms with E-state index in [1.165, 1.54) is 43.4 Å². The molecule has 2 bridgehead atoms. The summed E-state index contributed by atoms with van der Waals surface area (Å²) in [5.41, 5.74) is 0.491. The Morgan fingerprint density at radius 2 is 1.33 bits per heavy atom. The fourth-order valence-electron chi connectivity index (χ4n) is 3.06. The predicted molar refractivity (Wildman–Crippen MR) is 52.0 cm³/mol. The predicted octanol–water partition coefficient (Wildman–Crippen LogP) is 2.42. The molecule has 12 heavy (non-hydrogen) atoms. The molecule has 1 heteroatoms. The third kappa shape index (κ3) is 1.10. The second-order valence-electron chi connectivity index (χ2n) is 5.72. The van der Waals surface area contributed by atoms with Gasteiger partial charge in [0.25, 0.3) is 0 Å². The van der Waals surface area contributed by atoms with Gasteiger partial charge < -0.3 is 4.48 Å². The number of quaternary nitrogens is 1. The van der Waals surface area contributed by atoms with Gasteiger partial charge in [-0.25, -0.2) is 0 Å². The zero-order valence-electron chi connectivity index (χ0n) is 8.77. The van der Waals surface area contributed by atoms with Crippen LogP contribution >= 0.6 is 0 Å². The molecule has 3 saturated heterocycles. The Hall–Kier alpha value is -0.0400. The zero-order valence-corrected chi connectivity index (χ0v) is 8.77. The van der Waals surface area contributed by atoms with Crippen molar-refractivity contribution in [2.75, 3.05) is 19.6 Å². The molecule has 0 aliphatic carbocycles. The first-order valence-corrected chi connectivity index (χ1v) is 5.40. The number of piperidine rings is 3. The lowest BCUT2D eigenvalue weighted by Crippen LogP contribution is -2.66. The van der Waals surface area contributed by atoms with Crippen molar-refractivity contribution < 1.29 is 4.48 Å². The lowest BCUT2D eigenvalue weighted by atomic mass is 9.81. The van der Waals surface area contributed by atoms with Crippen LogP contribution in [-0.4, -0.2) is 29.7 Å². The fourth-order valence-corrected chi connectivity index (χ4v) is 3.06. The van der Waals surface area contributed by atoms with Crippen LogP contribution in [0.4, 0.5) is 0 Å². The van der Waals surface area contributed by atoms with Gasteiger partial charge in [0, 0.05) is 0 Å². The second-order valence-corrected chi connectivity index (χ2v) is 5.72. The van der Waals surface area contributed by atoms with Gasteiger partial charge >= 0.3 is 0 Å². The van der Waals surface area contributed by atoms with Crippen molar-refractivity contribution in [3.8, 4) is 0 Å². The van der Waals surface area contributed by atoms with Crippen LogP contribution in [0.25, 0.3) is 0 Å². The van der Waals surface area contributed by atoms with Gasteiger partial charge in [-0.1, -0.05) is 0 Å². The van der Waals surface area contributed by atoms with Crippen LogP contribution < -0.4 is 0 Å². The van der Waals surface area contributed by atoms with E-state index in [0.29, 0.717) is 5.54 Å². The Bertz CT molecular complexity index is 156. The molecular formula is C11H22N+. The molecule has 3 rings (SSSR count). The highest BCUT2D eigenvalue weighted by molar-refractivity contribution is 4.77. The summed E-state index contributed by atoms with van der Waals surface area (Å²) in [5, 5.41) is 0. The molecule has 3 aliphatic heterocycles. The van der Waals surface area contributed by atoms with E-state index in [1.54, 1.807) is 0 Å². The molecule has 3 aliphatic rings. The Labute approximate surface area is 76.3 Å². The van der Waals surface area contributed by atoms with Gasteiger partial charge in [0.15, 0.2) is 0 Å². The summed E-state index contributed by atoms with van der Waals surface area (Å²) in [5.74, 6) is 1.09. The third-order valence-corrected chi connectivity index (χ3v) is 4.32. The van der Waals surface area contributed by atoms with Crippen LogP contribution in [0.15, 0.2) is 0 Å². The largest absolute Gasteiger partial charge is 0.319 e. The molecular weight excluding hydrogens is 146 g/mol. The molecule has 3 fully saturated rings. The van der Waals surface area contributed by atoms with Crippen molar-refractivity contribution >= 4 is 0 Å². The standard InChI is InChI=1S/C11H22N/c1-11(2,3)12-7-4-10(5-8-12)6-9-12/h10H,4-9H2,1-3H3/q+1. The Morgan fingerprint density at radius 3 is 1.58 bits per heavy atom. The molecule has 1 nitrogen and oxygen atoms in total. The van der Waals surface area contributed by atoms with Gasteiger partial charge in [0.1, 0.15) is 0 Å². The summed E-state index contributed by atoms with van der Waals surface area (Å²) in [7, 11) is 0. The van der Waals surface area contributed by atoms with E-state index >= 15 is 0 Å². The van der Waals surface area contributed by atoms with E-state index in [-0.39, 0.29) is 0 Å². The minimum Gasteiger partial charge on any atom is -0.319 e. The monoisotopic (exact) mass is 168 g/mol. The van der Waals surface area contributed by atoms with Crippen molar-refractivity contribution in [1.82, 2.24) is 0 Å². The normalized spacial score (nSPS) is 41.8. The maximum Gasteiger partial charge on any atom is 0.0907 e. The molecule has 0 aromatic carbocycles. The first-order valence-electron chi connectivity index (χ1n) is 5.40. The minimum absolute atomic E-state index is 0.491. The SMILES string of the molecule is CC(C)(C)[N+]12CCC(CC1)CC2. The molecule has 0 unspecified atom stereocenters. The summed E-state index contributed by atoms with van der Waals surface area (Å²) in [6.45, 7) is 11.6. The quantitative estimate of drug-likeness (QED) is 0.487. The molecule has 3 heterocycles. The number of fused-ring (bicyclic) bond motifs is 3. The Kier molecular flexibility index (Phi) is 1.76. The minimum atomic E-state index is 0.491. The van der Waals surface area contributed by atoms with Crippen LogP contribution in [0.3, 0.4) is 0 Å². The van der Waals surface area contributed by atoms with Crippen molar-refractivity contribution in [2.45, 2.75) is 45.6 Å². The Morgan fingerprint density at radius 1 is 0.917 bits per heavy atom. The first kappa shape index (κ1) is 8.55. The molecule has 0 N–H and O–H groups in total. The van der Waals surface area contributed by atoms with Crippen LogP contribution in [0.1, 0.15) is 40.0 Å². The molecule has 0 radical (unpaired) electrons. The number of hydrogen-bond donors (Lipinski definition) is 0. The van der Waals surface area contributed by atoms with Crippen molar-refractivity contribution in [1.29, 1.82) is 0 Å². The van der Waals surface area contributed by atoms with Gasteiger partial charge in [-0.3, -0.25) is 0 Å². The number of hydrogen-bond acceptors (Lipinski definition) is 0. The molecule has 0 saturated carbocycles. The van der Waals surface area contributed by atoms with E-state index in [4.69, 9.17) is 0 Å². The topological polar surface area (TPSA) is 0 Å². The molecule has 0 aromatic rings. The third-order valence-electron chi connectivity index (χ3n) is 4.32. The molecule has 0 amide bonds. The molecule has 70 valence electrons. The fraction of sp³-hybridized carbons (Fsp3) is 1.00. The zero-order chi connectivity index (χ0) is 8.82. The smallest absolute Gasteiger partial charge is 0.0907 e. The highest BCUT2D eigenvalue weighted by Gasteiger charge is 2.46. The summed E-state index contributed by atoms with van der Waals surface area (Å²) in [4.78, 5) is 0. The Balaban J connectivity index is 2.19. The summed E-state index contributed by atoms with van der Waals surface area (Å²) in [6, 6.07) is 0. The average Bonchev–Trinajstić information content (AvgIpc) is 2.06. The summed E-state index contributed by atoms with van der Waals surface area (Å²) in [6.07, 6.45) is 4.49. The van der Waals surface area contributed by atoms with Crippen molar-refractivity contribution in [3.63, 3.8) is 0 Å². The first-order chi connectivity index (χ1) is 5.54. The van der Waals surface area contributed by atoms with E-state index in [2.05, 4.69) is 20.8 Å². The van der Waals surface area contributed by atoms with Gasteiger partial charge in [-0.15, -0.1) is 0 Å². The van der Waals surface area contributed by atoms with Gasteiger partial charge in [-0.2, -0.15) is 0 Å². The van der Waals surface area contributed by atoms with Crippen LogP contribution in [0, 0.1) is 5.92 Å². The summed E-state index contributed by atoms with van der Waals surface area (Å²) >= 11 is 0. The van der Waals surface area contributed by atoms with E-state index in [1.807, 2.05) is 0 Å². The lowest BCUT2D eigenvalue weighted by Gasteiger charge is -2.56. The molecule has 0 spiro atoms. The van der Waals surface area contributed by atoms with Gasteiger partial charge in [0.05, 0.1) is 25.2 Å². The van der Waals surface area contributed by atoms with Crippen LogP contribution in [0.2, 0.25) is 0 Å².